The summed E-state index contributed by atoms with van der Waals surface area (Å²) in [5, 5.41) is 0. The van der Waals surface area contributed by atoms with Crippen LogP contribution in [0.4, 0.5) is 0 Å². The molecule has 1 N–H and O–H groups in total. The first-order valence-corrected chi connectivity index (χ1v) is 11.1. The maximum Gasteiger partial charge on any atom is 0.250 e. The lowest BCUT2D eigenvalue weighted by Gasteiger charge is -2.04. The summed E-state index contributed by atoms with van der Waals surface area (Å²) in [6, 6.07) is 10.7. The molecule has 0 unspecified atom stereocenters. The van der Waals surface area contributed by atoms with E-state index in [2.05, 4.69) is 4.72 Å². The molecular formula is C15H19NO4S3. The predicted molar refractivity (Wildman–Crippen MR) is 90.9 cm³/mol. The van der Waals surface area contributed by atoms with E-state index in [4.69, 9.17) is 0 Å². The van der Waals surface area contributed by atoms with Crippen molar-refractivity contribution < 1.29 is 16.8 Å². The Morgan fingerprint density at radius 3 is 2.22 bits per heavy atom. The molecule has 23 heavy (non-hydrogen) atoms. The molecule has 1 aromatic heterocycles. The molecule has 5 nitrogen and oxygen atoms in total. The Hall–Kier alpha value is -1.22. The van der Waals surface area contributed by atoms with Crippen molar-refractivity contribution in [3.8, 4) is 0 Å². The SMILES string of the molecule is CCCCCNS(=O)(=O)c1ccc(S(=O)(=O)c2ccccc2)s1. The van der Waals surface area contributed by atoms with Crippen LogP contribution in [0.25, 0.3) is 0 Å². The molecular weight excluding hydrogens is 354 g/mol. The van der Waals surface area contributed by atoms with E-state index in [1.807, 2.05) is 6.92 Å². The summed E-state index contributed by atoms with van der Waals surface area (Å²) in [5.41, 5.74) is 0. The van der Waals surface area contributed by atoms with E-state index >= 15 is 0 Å². The Morgan fingerprint density at radius 2 is 1.57 bits per heavy atom. The van der Waals surface area contributed by atoms with Crippen LogP contribution in [0.15, 0.2) is 55.8 Å². The van der Waals surface area contributed by atoms with Crippen molar-refractivity contribution in [2.45, 2.75) is 39.5 Å². The fraction of sp³-hybridized carbons (Fsp3) is 0.333. The van der Waals surface area contributed by atoms with Gasteiger partial charge in [0.1, 0.15) is 8.42 Å². The summed E-state index contributed by atoms with van der Waals surface area (Å²) in [5.74, 6) is 0. The van der Waals surface area contributed by atoms with Crippen molar-refractivity contribution in [3.63, 3.8) is 0 Å². The van der Waals surface area contributed by atoms with Crippen LogP contribution in [0.1, 0.15) is 26.2 Å². The van der Waals surface area contributed by atoms with Gasteiger partial charge in [-0.05, 0) is 30.7 Å². The van der Waals surface area contributed by atoms with E-state index in [-0.39, 0.29) is 13.3 Å². The molecule has 1 heterocycles. The number of thiophene rings is 1. The number of sulfonamides is 1. The Kier molecular flexibility index (Phi) is 5.96. The molecule has 0 aliphatic heterocycles. The van der Waals surface area contributed by atoms with E-state index in [0.717, 1.165) is 30.6 Å². The second-order valence-electron chi connectivity index (χ2n) is 4.99. The third kappa shape index (κ3) is 4.41. The van der Waals surface area contributed by atoms with Crippen molar-refractivity contribution in [2.75, 3.05) is 6.54 Å². The molecule has 1 aromatic carbocycles. The highest BCUT2D eigenvalue weighted by molar-refractivity contribution is 7.95. The molecule has 0 amide bonds. The summed E-state index contributed by atoms with van der Waals surface area (Å²) < 4.78 is 51.8. The Labute approximate surface area is 141 Å². The number of hydrogen-bond donors (Lipinski definition) is 1. The lowest BCUT2D eigenvalue weighted by molar-refractivity contribution is 0.578. The number of rotatable bonds is 8. The fourth-order valence-electron chi connectivity index (χ4n) is 1.96. The largest absolute Gasteiger partial charge is 0.250 e. The molecule has 2 aromatic rings. The molecule has 0 aliphatic rings. The molecule has 0 saturated carbocycles. The molecule has 0 spiro atoms. The second kappa shape index (κ2) is 7.57. The number of hydrogen-bond acceptors (Lipinski definition) is 5. The number of sulfone groups is 1. The highest BCUT2D eigenvalue weighted by Crippen LogP contribution is 2.30. The van der Waals surface area contributed by atoms with E-state index in [1.54, 1.807) is 18.2 Å². The predicted octanol–water partition coefficient (Wildman–Crippen LogP) is 3.05. The molecule has 0 aliphatic carbocycles. The van der Waals surface area contributed by atoms with Gasteiger partial charge in [0.05, 0.1) is 4.90 Å². The number of unbranched alkanes of at least 4 members (excludes halogenated alkanes) is 2. The Morgan fingerprint density at radius 1 is 0.913 bits per heavy atom. The van der Waals surface area contributed by atoms with E-state index in [0.29, 0.717) is 6.54 Å². The smallest absolute Gasteiger partial charge is 0.218 e. The minimum Gasteiger partial charge on any atom is -0.218 e. The lowest BCUT2D eigenvalue weighted by Crippen LogP contribution is -2.23. The van der Waals surface area contributed by atoms with Gasteiger partial charge < -0.3 is 0 Å². The van der Waals surface area contributed by atoms with Gasteiger partial charge in [-0.3, -0.25) is 0 Å². The van der Waals surface area contributed by atoms with Gasteiger partial charge in [-0.15, -0.1) is 11.3 Å². The van der Waals surface area contributed by atoms with E-state index in [9.17, 15) is 16.8 Å². The van der Waals surface area contributed by atoms with Crippen LogP contribution in [-0.4, -0.2) is 23.4 Å². The van der Waals surface area contributed by atoms with Gasteiger partial charge in [-0.2, -0.15) is 0 Å². The van der Waals surface area contributed by atoms with Crippen molar-refractivity contribution in [3.05, 3.63) is 42.5 Å². The van der Waals surface area contributed by atoms with Crippen LogP contribution >= 0.6 is 11.3 Å². The molecule has 8 heteroatoms. The molecule has 126 valence electrons. The van der Waals surface area contributed by atoms with Crippen LogP contribution in [-0.2, 0) is 19.9 Å². The van der Waals surface area contributed by atoms with E-state index in [1.165, 1.54) is 24.3 Å². The monoisotopic (exact) mass is 373 g/mol. The van der Waals surface area contributed by atoms with Crippen molar-refractivity contribution >= 4 is 31.2 Å². The molecule has 0 radical (unpaired) electrons. The summed E-state index contributed by atoms with van der Waals surface area (Å²) >= 11 is 0.767. The topological polar surface area (TPSA) is 80.3 Å². The first-order valence-electron chi connectivity index (χ1n) is 7.27. The summed E-state index contributed by atoms with van der Waals surface area (Å²) in [4.78, 5) is 0.154. The van der Waals surface area contributed by atoms with Gasteiger partial charge in [0.15, 0.2) is 0 Å². The minimum absolute atomic E-state index is 0.0171. The van der Waals surface area contributed by atoms with Crippen molar-refractivity contribution in [2.24, 2.45) is 0 Å². The molecule has 0 fully saturated rings. The zero-order valence-corrected chi connectivity index (χ0v) is 15.2. The zero-order chi connectivity index (χ0) is 16.9. The van der Waals surface area contributed by atoms with Crippen LogP contribution in [0.3, 0.4) is 0 Å². The third-order valence-corrected chi connectivity index (χ3v) is 8.51. The van der Waals surface area contributed by atoms with Gasteiger partial charge in [-0.25, -0.2) is 21.6 Å². The second-order valence-corrected chi connectivity index (χ2v) is 10.2. The molecule has 0 saturated heterocycles. The highest BCUT2D eigenvalue weighted by Gasteiger charge is 2.23. The fourth-order valence-corrected chi connectivity index (χ4v) is 6.27. The van der Waals surface area contributed by atoms with E-state index < -0.39 is 19.9 Å². The summed E-state index contributed by atoms with van der Waals surface area (Å²) in [7, 11) is -7.34. The Balaban J connectivity index is 2.20. The maximum atomic E-state index is 12.5. The average molecular weight is 374 g/mol. The van der Waals surface area contributed by atoms with Crippen LogP contribution < -0.4 is 4.72 Å². The van der Waals surface area contributed by atoms with Gasteiger partial charge in [0.2, 0.25) is 19.9 Å². The quantitative estimate of drug-likeness (QED) is 0.721. The Bertz CT molecular complexity index is 840. The average Bonchev–Trinajstić information content (AvgIpc) is 3.04. The maximum absolute atomic E-state index is 12.5. The van der Waals surface area contributed by atoms with Gasteiger partial charge in [0.25, 0.3) is 0 Å². The number of benzene rings is 1. The third-order valence-electron chi connectivity index (χ3n) is 3.21. The normalized spacial score (nSPS) is 12.4. The van der Waals surface area contributed by atoms with Crippen molar-refractivity contribution in [1.29, 1.82) is 0 Å². The molecule has 0 atom stereocenters. The van der Waals surface area contributed by atoms with Crippen LogP contribution in [0.5, 0.6) is 0 Å². The van der Waals surface area contributed by atoms with Gasteiger partial charge >= 0.3 is 0 Å². The van der Waals surface area contributed by atoms with Crippen LogP contribution in [0, 0.1) is 0 Å². The molecule has 2 rings (SSSR count). The standard InChI is InChI=1S/C15H19NO4S3/c1-2-3-7-12-16-23(19,20)15-11-10-14(21-15)22(17,18)13-8-5-4-6-9-13/h4-6,8-11,16H,2-3,7,12H2,1H3. The number of nitrogens with one attached hydrogen (secondary N) is 1. The summed E-state index contributed by atoms with van der Waals surface area (Å²) in [6.07, 6.45) is 2.71. The zero-order valence-electron chi connectivity index (χ0n) is 12.7. The first kappa shape index (κ1) is 18.1. The minimum atomic E-state index is -3.68. The first-order chi connectivity index (χ1) is 10.9. The van der Waals surface area contributed by atoms with Crippen molar-refractivity contribution in [1.82, 2.24) is 4.72 Å². The highest BCUT2D eigenvalue weighted by atomic mass is 32.3. The van der Waals surface area contributed by atoms with Gasteiger partial charge in [-0.1, -0.05) is 38.0 Å². The van der Waals surface area contributed by atoms with Gasteiger partial charge in [0, 0.05) is 6.54 Å². The van der Waals surface area contributed by atoms with Crippen LogP contribution in [0.2, 0.25) is 0 Å². The molecule has 0 bridgehead atoms. The lowest BCUT2D eigenvalue weighted by atomic mass is 10.3. The summed E-state index contributed by atoms with van der Waals surface area (Å²) in [6.45, 7) is 2.39.